The molecule has 0 saturated heterocycles. The first-order valence-electron chi connectivity index (χ1n) is 6.59. The maximum Gasteiger partial charge on any atom is 0.129 e. The van der Waals surface area contributed by atoms with Crippen LogP contribution in [0.3, 0.4) is 0 Å². The Bertz CT molecular complexity index is 281. The molecule has 0 atom stereocenters. The second-order valence-electron chi connectivity index (χ2n) is 4.12. The quantitative estimate of drug-likeness (QED) is 0.581. The van der Waals surface area contributed by atoms with Crippen LogP contribution in [0.2, 0.25) is 0 Å². The molecule has 98 valence electrons. The van der Waals surface area contributed by atoms with Gasteiger partial charge in [0.2, 0.25) is 0 Å². The lowest BCUT2D eigenvalue weighted by Gasteiger charge is -2.02. The van der Waals surface area contributed by atoms with Gasteiger partial charge in [-0.05, 0) is 25.5 Å². The van der Waals surface area contributed by atoms with Gasteiger partial charge in [-0.25, -0.2) is 0 Å². The van der Waals surface area contributed by atoms with Crippen LogP contribution in [0.1, 0.15) is 51.1 Å². The van der Waals surface area contributed by atoms with Gasteiger partial charge in [-0.1, -0.05) is 26.2 Å². The lowest BCUT2D eigenvalue weighted by atomic mass is 10.2. The molecule has 1 aromatic rings. The molecular weight excluding hydrogens is 216 g/mol. The van der Waals surface area contributed by atoms with E-state index in [4.69, 9.17) is 13.9 Å². The maximum absolute atomic E-state index is 5.56. The van der Waals surface area contributed by atoms with Crippen molar-refractivity contribution in [2.75, 3.05) is 13.2 Å². The Labute approximate surface area is 104 Å². The molecule has 0 aliphatic carbocycles. The molecule has 0 saturated carbocycles. The SMILES string of the molecule is CCCCCCOCc1ccc(COCC)o1. The Morgan fingerprint density at radius 1 is 0.941 bits per heavy atom. The molecule has 17 heavy (non-hydrogen) atoms. The van der Waals surface area contributed by atoms with Crippen LogP contribution in [0.4, 0.5) is 0 Å². The molecule has 0 spiro atoms. The van der Waals surface area contributed by atoms with E-state index in [1.165, 1.54) is 19.3 Å². The lowest BCUT2D eigenvalue weighted by Crippen LogP contribution is -1.94. The molecule has 0 aliphatic heterocycles. The molecule has 1 rings (SSSR count). The number of unbranched alkanes of at least 4 members (excludes halogenated alkanes) is 3. The molecule has 1 heterocycles. The van der Waals surface area contributed by atoms with E-state index in [0.717, 1.165) is 24.5 Å². The summed E-state index contributed by atoms with van der Waals surface area (Å²) in [5.41, 5.74) is 0. The minimum atomic E-state index is 0.549. The zero-order chi connectivity index (χ0) is 12.3. The number of hydrogen-bond acceptors (Lipinski definition) is 3. The van der Waals surface area contributed by atoms with Crippen LogP contribution in [0, 0.1) is 0 Å². The van der Waals surface area contributed by atoms with Crippen molar-refractivity contribution in [3.63, 3.8) is 0 Å². The van der Waals surface area contributed by atoms with Crippen LogP contribution in [0.5, 0.6) is 0 Å². The molecular formula is C14H24O3. The number of hydrogen-bond donors (Lipinski definition) is 0. The highest BCUT2D eigenvalue weighted by atomic mass is 16.5. The molecule has 0 radical (unpaired) electrons. The van der Waals surface area contributed by atoms with Gasteiger partial charge >= 0.3 is 0 Å². The van der Waals surface area contributed by atoms with E-state index in [1.807, 2.05) is 19.1 Å². The third-order valence-corrected chi connectivity index (χ3v) is 2.55. The minimum Gasteiger partial charge on any atom is -0.461 e. The van der Waals surface area contributed by atoms with Crippen molar-refractivity contribution >= 4 is 0 Å². The predicted octanol–water partition coefficient (Wildman–Crippen LogP) is 3.91. The van der Waals surface area contributed by atoms with Crippen molar-refractivity contribution in [2.24, 2.45) is 0 Å². The largest absolute Gasteiger partial charge is 0.461 e. The number of furan rings is 1. The predicted molar refractivity (Wildman–Crippen MR) is 67.8 cm³/mol. The fourth-order valence-corrected chi connectivity index (χ4v) is 1.58. The summed E-state index contributed by atoms with van der Waals surface area (Å²) in [6.45, 7) is 6.84. The monoisotopic (exact) mass is 240 g/mol. The van der Waals surface area contributed by atoms with E-state index in [0.29, 0.717) is 19.8 Å². The average molecular weight is 240 g/mol. The summed E-state index contributed by atoms with van der Waals surface area (Å²) in [6, 6.07) is 3.91. The highest BCUT2D eigenvalue weighted by Crippen LogP contribution is 2.10. The highest BCUT2D eigenvalue weighted by molar-refractivity contribution is 5.05. The van der Waals surface area contributed by atoms with Crippen molar-refractivity contribution in [1.29, 1.82) is 0 Å². The number of ether oxygens (including phenoxy) is 2. The second kappa shape index (κ2) is 9.25. The van der Waals surface area contributed by atoms with Crippen LogP contribution in [0.25, 0.3) is 0 Å². The zero-order valence-corrected chi connectivity index (χ0v) is 11.0. The lowest BCUT2D eigenvalue weighted by molar-refractivity contribution is 0.0917. The summed E-state index contributed by atoms with van der Waals surface area (Å²) < 4.78 is 16.4. The standard InChI is InChI=1S/C14H24O3/c1-3-5-6-7-10-16-12-14-9-8-13(17-14)11-15-4-2/h8-9H,3-7,10-12H2,1-2H3. The molecule has 0 fully saturated rings. The van der Waals surface area contributed by atoms with Crippen LogP contribution >= 0.6 is 0 Å². The molecule has 0 amide bonds. The van der Waals surface area contributed by atoms with Crippen molar-refractivity contribution in [3.8, 4) is 0 Å². The molecule has 1 aromatic heterocycles. The summed E-state index contributed by atoms with van der Waals surface area (Å²) in [7, 11) is 0. The summed E-state index contributed by atoms with van der Waals surface area (Å²) in [4.78, 5) is 0. The zero-order valence-electron chi connectivity index (χ0n) is 11.0. The van der Waals surface area contributed by atoms with E-state index in [-0.39, 0.29) is 0 Å². The fourth-order valence-electron chi connectivity index (χ4n) is 1.58. The van der Waals surface area contributed by atoms with Gasteiger partial charge < -0.3 is 13.9 Å². The summed E-state index contributed by atoms with van der Waals surface area (Å²) in [5, 5.41) is 0. The normalized spacial score (nSPS) is 10.9. The number of rotatable bonds is 10. The van der Waals surface area contributed by atoms with E-state index >= 15 is 0 Å². The van der Waals surface area contributed by atoms with Crippen LogP contribution < -0.4 is 0 Å². The smallest absolute Gasteiger partial charge is 0.129 e. The Hall–Kier alpha value is -0.800. The molecule has 0 N–H and O–H groups in total. The topological polar surface area (TPSA) is 31.6 Å². The van der Waals surface area contributed by atoms with E-state index < -0.39 is 0 Å². The van der Waals surface area contributed by atoms with E-state index in [2.05, 4.69) is 6.92 Å². The van der Waals surface area contributed by atoms with Crippen LogP contribution in [-0.2, 0) is 22.7 Å². The first-order valence-corrected chi connectivity index (χ1v) is 6.59. The van der Waals surface area contributed by atoms with E-state index in [9.17, 15) is 0 Å². The second-order valence-corrected chi connectivity index (χ2v) is 4.12. The Morgan fingerprint density at radius 3 is 2.29 bits per heavy atom. The van der Waals surface area contributed by atoms with Gasteiger partial charge in [0.25, 0.3) is 0 Å². The van der Waals surface area contributed by atoms with Gasteiger partial charge in [-0.2, -0.15) is 0 Å². The Morgan fingerprint density at radius 2 is 1.65 bits per heavy atom. The van der Waals surface area contributed by atoms with Crippen molar-refractivity contribution in [1.82, 2.24) is 0 Å². The summed E-state index contributed by atoms with van der Waals surface area (Å²) in [6.07, 6.45) is 4.95. The van der Waals surface area contributed by atoms with Gasteiger partial charge in [0.15, 0.2) is 0 Å². The van der Waals surface area contributed by atoms with Gasteiger partial charge in [-0.15, -0.1) is 0 Å². The minimum absolute atomic E-state index is 0.549. The maximum atomic E-state index is 5.56. The average Bonchev–Trinajstić information content (AvgIpc) is 2.79. The third kappa shape index (κ3) is 6.49. The van der Waals surface area contributed by atoms with Crippen LogP contribution in [-0.4, -0.2) is 13.2 Å². The van der Waals surface area contributed by atoms with Crippen molar-refractivity contribution < 1.29 is 13.9 Å². The first-order chi connectivity index (χ1) is 8.36. The molecule has 3 heteroatoms. The van der Waals surface area contributed by atoms with Crippen LogP contribution in [0.15, 0.2) is 16.5 Å². The van der Waals surface area contributed by atoms with Crippen molar-refractivity contribution in [2.45, 2.75) is 52.7 Å². The molecule has 0 bridgehead atoms. The molecule has 3 nitrogen and oxygen atoms in total. The molecule has 0 aromatic carbocycles. The van der Waals surface area contributed by atoms with Gasteiger partial charge in [0.1, 0.15) is 24.7 Å². The Kier molecular flexibility index (Phi) is 7.76. The van der Waals surface area contributed by atoms with Gasteiger partial charge in [0.05, 0.1) is 0 Å². The molecule has 0 aliphatic rings. The first kappa shape index (κ1) is 14.3. The van der Waals surface area contributed by atoms with Gasteiger partial charge in [-0.3, -0.25) is 0 Å². The highest BCUT2D eigenvalue weighted by Gasteiger charge is 2.01. The summed E-state index contributed by atoms with van der Waals surface area (Å²) >= 11 is 0. The third-order valence-electron chi connectivity index (χ3n) is 2.55. The summed E-state index contributed by atoms with van der Waals surface area (Å²) in [5.74, 6) is 1.76. The molecule has 0 unspecified atom stereocenters. The fraction of sp³-hybridized carbons (Fsp3) is 0.714. The Balaban J connectivity index is 2.08. The van der Waals surface area contributed by atoms with Gasteiger partial charge in [0, 0.05) is 13.2 Å². The van der Waals surface area contributed by atoms with E-state index in [1.54, 1.807) is 0 Å². The van der Waals surface area contributed by atoms with Crippen molar-refractivity contribution in [3.05, 3.63) is 23.7 Å².